The molecule has 2 nitrogen and oxygen atoms in total. The van der Waals surface area contributed by atoms with Crippen LogP contribution in [0.3, 0.4) is 0 Å². The van der Waals surface area contributed by atoms with Crippen LogP contribution in [0.1, 0.15) is 43.7 Å². The van der Waals surface area contributed by atoms with Crippen molar-refractivity contribution in [1.82, 2.24) is 4.90 Å². The number of rotatable bonds is 5. The topological polar surface area (TPSA) is 29.3 Å². The predicted molar refractivity (Wildman–Crippen MR) is 82.5 cm³/mol. The van der Waals surface area contributed by atoms with E-state index in [0.29, 0.717) is 5.92 Å². The van der Waals surface area contributed by atoms with Crippen LogP contribution in [-0.4, -0.2) is 31.1 Å². The molecule has 0 bridgehead atoms. The van der Waals surface area contributed by atoms with E-state index in [1.54, 1.807) is 0 Å². The fourth-order valence-electron chi connectivity index (χ4n) is 2.97. The van der Waals surface area contributed by atoms with Gasteiger partial charge in [0, 0.05) is 13.1 Å². The Balaban J connectivity index is 1.82. The van der Waals surface area contributed by atoms with Gasteiger partial charge in [0.25, 0.3) is 0 Å². The second-order valence-electron chi connectivity index (χ2n) is 6.17. The summed E-state index contributed by atoms with van der Waals surface area (Å²) in [6.07, 6.45) is 3.90. The summed E-state index contributed by atoms with van der Waals surface area (Å²) in [5.41, 5.74) is 8.56. The molecule has 106 valence electrons. The zero-order chi connectivity index (χ0) is 13.7. The number of nitrogens with two attached hydrogens (primary N) is 1. The Morgan fingerprint density at radius 3 is 2.32 bits per heavy atom. The smallest absolute Gasteiger partial charge is 0.0105 e. The largest absolute Gasteiger partial charge is 0.329 e. The molecule has 2 heteroatoms. The van der Waals surface area contributed by atoms with Gasteiger partial charge in [0.15, 0.2) is 0 Å². The van der Waals surface area contributed by atoms with Crippen molar-refractivity contribution in [2.45, 2.75) is 39.0 Å². The van der Waals surface area contributed by atoms with Crippen LogP contribution in [0.5, 0.6) is 0 Å². The monoisotopic (exact) mass is 260 g/mol. The molecule has 0 unspecified atom stereocenters. The van der Waals surface area contributed by atoms with Crippen LogP contribution in [0.2, 0.25) is 0 Å². The maximum absolute atomic E-state index is 5.61. The van der Waals surface area contributed by atoms with Gasteiger partial charge >= 0.3 is 0 Å². The van der Waals surface area contributed by atoms with Gasteiger partial charge in [-0.25, -0.2) is 0 Å². The van der Waals surface area contributed by atoms with Gasteiger partial charge in [-0.2, -0.15) is 0 Å². The third-order valence-electron chi connectivity index (χ3n) is 4.32. The summed E-state index contributed by atoms with van der Waals surface area (Å²) in [7, 11) is 0. The number of hydrogen-bond acceptors (Lipinski definition) is 2. The van der Waals surface area contributed by atoms with E-state index in [2.05, 4.69) is 43.0 Å². The Kier molecular flexibility index (Phi) is 5.41. The number of benzene rings is 1. The minimum Gasteiger partial charge on any atom is -0.329 e. The van der Waals surface area contributed by atoms with Gasteiger partial charge in [0.05, 0.1) is 0 Å². The van der Waals surface area contributed by atoms with Crippen molar-refractivity contribution in [2.24, 2.45) is 11.7 Å². The molecule has 1 aromatic rings. The highest BCUT2D eigenvalue weighted by atomic mass is 15.1. The standard InChI is InChI=1S/C17H28N2/c1-14(2)17-5-3-15(4-6-17)13-16-7-10-19(11-8-16)12-9-18/h3-6,14,16H,7-13,18H2,1-2H3. The molecule has 0 atom stereocenters. The molecule has 0 aromatic heterocycles. The highest BCUT2D eigenvalue weighted by Gasteiger charge is 2.18. The van der Waals surface area contributed by atoms with Crippen molar-refractivity contribution >= 4 is 0 Å². The first-order chi connectivity index (χ1) is 9.19. The molecule has 0 radical (unpaired) electrons. The van der Waals surface area contributed by atoms with Gasteiger partial charge in [-0.05, 0) is 55.3 Å². The summed E-state index contributed by atoms with van der Waals surface area (Å²) in [4.78, 5) is 2.50. The molecular weight excluding hydrogens is 232 g/mol. The lowest BCUT2D eigenvalue weighted by Gasteiger charge is -2.31. The van der Waals surface area contributed by atoms with Crippen molar-refractivity contribution in [1.29, 1.82) is 0 Å². The van der Waals surface area contributed by atoms with Crippen molar-refractivity contribution in [3.05, 3.63) is 35.4 Å². The van der Waals surface area contributed by atoms with Crippen LogP contribution in [-0.2, 0) is 6.42 Å². The van der Waals surface area contributed by atoms with Gasteiger partial charge in [-0.15, -0.1) is 0 Å². The van der Waals surface area contributed by atoms with Crippen LogP contribution in [0.15, 0.2) is 24.3 Å². The highest BCUT2D eigenvalue weighted by Crippen LogP contribution is 2.22. The van der Waals surface area contributed by atoms with Gasteiger partial charge in [-0.3, -0.25) is 0 Å². The normalized spacial score (nSPS) is 18.1. The summed E-state index contributed by atoms with van der Waals surface area (Å²) in [5, 5.41) is 0. The number of piperidine rings is 1. The van der Waals surface area contributed by atoms with Gasteiger partial charge in [0.2, 0.25) is 0 Å². The molecule has 1 fully saturated rings. The molecule has 0 spiro atoms. The summed E-state index contributed by atoms with van der Waals surface area (Å²) in [6.45, 7) is 8.82. The van der Waals surface area contributed by atoms with E-state index in [0.717, 1.165) is 19.0 Å². The Bertz CT molecular complexity index is 361. The molecule has 1 aliphatic rings. The molecule has 0 saturated carbocycles. The van der Waals surface area contributed by atoms with Crippen LogP contribution in [0.4, 0.5) is 0 Å². The summed E-state index contributed by atoms with van der Waals surface area (Å²) >= 11 is 0. The van der Waals surface area contributed by atoms with E-state index in [-0.39, 0.29) is 0 Å². The van der Waals surface area contributed by atoms with Crippen molar-refractivity contribution in [3.8, 4) is 0 Å². The van der Waals surface area contributed by atoms with E-state index in [9.17, 15) is 0 Å². The number of nitrogens with zero attached hydrogens (tertiary/aromatic N) is 1. The highest BCUT2D eigenvalue weighted by molar-refractivity contribution is 5.25. The van der Waals surface area contributed by atoms with E-state index in [4.69, 9.17) is 5.73 Å². The maximum Gasteiger partial charge on any atom is 0.0105 e. The fourth-order valence-corrected chi connectivity index (χ4v) is 2.97. The molecule has 1 saturated heterocycles. The molecular formula is C17H28N2. The zero-order valence-corrected chi connectivity index (χ0v) is 12.4. The van der Waals surface area contributed by atoms with E-state index in [1.807, 2.05) is 0 Å². The second-order valence-corrected chi connectivity index (χ2v) is 6.17. The summed E-state index contributed by atoms with van der Waals surface area (Å²) < 4.78 is 0. The van der Waals surface area contributed by atoms with Crippen LogP contribution < -0.4 is 5.73 Å². The average molecular weight is 260 g/mol. The van der Waals surface area contributed by atoms with E-state index in [1.165, 1.54) is 43.5 Å². The third-order valence-corrected chi connectivity index (χ3v) is 4.32. The van der Waals surface area contributed by atoms with Gasteiger partial charge in [-0.1, -0.05) is 38.1 Å². The van der Waals surface area contributed by atoms with Crippen molar-refractivity contribution in [3.63, 3.8) is 0 Å². The minimum atomic E-state index is 0.633. The molecule has 19 heavy (non-hydrogen) atoms. The fraction of sp³-hybridized carbons (Fsp3) is 0.647. The Morgan fingerprint density at radius 2 is 1.79 bits per heavy atom. The Morgan fingerprint density at radius 1 is 1.16 bits per heavy atom. The molecule has 1 aliphatic heterocycles. The van der Waals surface area contributed by atoms with Crippen molar-refractivity contribution in [2.75, 3.05) is 26.2 Å². The van der Waals surface area contributed by atoms with Crippen molar-refractivity contribution < 1.29 is 0 Å². The molecule has 0 aliphatic carbocycles. The summed E-state index contributed by atoms with van der Waals surface area (Å²) in [6, 6.07) is 9.23. The number of hydrogen-bond donors (Lipinski definition) is 1. The lowest BCUT2D eigenvalue weighted by Crippen LogP contribution is -2.37. The summed E-state index contributed by atoms with van der Waals surface area (Å²) in [5.74, 6) is 1.49. The Labute approximate surface area is 118 Å². The first-order valence-electron chi connectivity index (χ1n) is 7.70. The van der Waals surface area contributed by atoms with Gasteiger partial charge < -0.3 is 10.6 Å². The minimum absolute atomic E-state index is 0.633. The number of likely N-dealkylation sites (tertiary alicyclic amines) is 1. The molecule has 1 aromatic carbocycles. The quantitative estimate of drug-likeness (QED) is 0.882. The lowest BCUT2D eigenvalue weighted by atomic mass is 9.89. The molecule has 1 heterocycles. The van der Waals surface area contributed by atoms with Crippen LogP contribution in [0.25, 0.3) is 0 Å². The van der Waals surface area contributed by atoms with Crippen LogP contribution in [0, 0.1) is 5.92 Å². The molecule has 2 N–H and O–H groups in total. The lowest BCUT2D eigenvalue weighted by molar-refractivity contribution is 0.188. The first-order valence-corrected chi connectivity index (χ1v) is 7.70. The second kappa shape index (κ2) is 7.06. The zero-order valence-electron chi connectivity index (χ0n) is 12.4. The molecule has 0 amide bonds. The van der Waals surface area contributed by atoms with Crippen LogP contribution >= 0.6 is 0 Å². The third kappa shape index (κ3) is 4.32. The SMILES string of the molecule is CC(C)c1ccc(CC2CCN(CCN)CC2)cc1. The predicted octanol–water partition coefficient (Wildman–Crippen LogP) is 3.02. The molecule has 2 rings (SSSR count). The van der Waals surface area contributed by atoms with E-state index >= 15 is 0 Å². The van der Waals surface area contributed by atoms with Gasteiger partial charge in [0.1, 0.15) is 0 Å². The first kappa shape index (κ1) is 14.5. The van der Waals surface area contributed by atoms with E-state index < -0.39 is 0 Å². The maximum atomic E-state index is 5.61. The Hall–Kier alpha value is -0.860. The average Bonchev–Trinajstić information content (AvgIpc) is 2.42.